The van der Waals surface area contributed by atoms with Crippen molar-refractivity contribution in [1.82, 2.24) is 0 Å². The normalized spacial score (nSPS) is 17.8. The van der Waals surface area contributed by atoms with Gasteiger partial charge in [-0.25, -0.2) is 4.39 Å². The van der Waals surface area contributed by atoms with Gasteiger partial charge >= 0.3 is 0 Å². The van der Waals surface area contributed by atoms with Gasteiger partial charge < -0.3 is 5.73 Å². The van der Waals surface area contributed by atoms with Crippen LogP contribution < -0.4 is 5.73 Å². The van der Waals surface area contributed by atoms with Gasteiger partial charge in [0.1, 0.15) is 5.82 Å². The van der Waals surface area contributed by atoms with Crippen LogP contribution in [0.25, 0.3) is 0 Å². The molecule has 0 bridgehead atoms. The van der Waals surface area contributed by atoms with Crippen molar-refractivity contribution in [3.05, 3.63) is 33.1 Å². The second-order valence-electron chi connectivity index (χ2n) is 3.88. The van der Waals surface area contributed by atoms with Crippen LogP contribution >= 0.6 is 35.0 Å². The second kappa shape index (κ2) is 5.46. The lowest BCUT2D eigenvalue weighted by atomic mass is 9.77. The lowest BCUT2D eigenvalue weighted by Gasteiger charge is -2.31. The molecule has 0 aliphatic heterocycles. The minimum absolute atomic E-state index is 0. The fraction of sp³-hybridized carbons (Fsp3) is 0.455. The van der Waals surface area contributed by atoms with E-state index in [4.69, 9.17) is 5.73 Å². The highest BCUT2D eigenvalue weighted by molar-refractivity contribution is 14.1. The van der Waals surface area contributed by atoms with Crippen LogP contribution in [0, 0.1) is 15.3 Å². The zero-order valence-corrected chi connectivity index (χ0v) is 11.2. The summed E-state index contributed by atoms with van der Waals surface area (Å²) in [5.74, 6) is 0.326. The predicted molar refractivity (Wildman–Crippen MR) is 70.6 cm³/mol. The number of hydrogen-bond acceptors (Lipinski definition) is 1. The summed E-state index contributed by atoms with van der Waals surface area (Å²) in [6, 6.07) is 5.03. The molecule has 0 amide bonds. The Hall–Kier alpha value is 0.130. The Morgan fingerprint density at radius 3 is 2.60 bits per heavy atom. The van der Waals surface area contributed by atoms with Gasteiger partial charge in [0, 0.05) is 15.2 Å². The molecule has 1 aromatic rings. The third-order valence-corrected chi connectivity index (χ3v) is 3.65. The van der Waals surface area contributed by atoms with Gasteiger partial charge in [-0.05, 0) is 59.5 Å². The SMILES string of the molecule is Cl.N[C@@H](c1cc(I)ccc1F)C1CCC1. The molecule has 1 atom stereocenters. The van der Waals surface area contributed by atoms with Crippen molar-refractivity contribution in [3.8, 4) is 0 Å². The van der Waals surface area contributed by atoms with Crippen LogP contribution in [0.2, 0.25) is 0 Å². The third kappa shape index (κ3) is 2.82. The second-order valence-corrected chi connectivity index (χ2v) is 5.13. The summed E-state index contributed by atoms with van der Waals surface area (Å²) in [6.07, 6.45) is 3.53. The molecule has 1 saturated carbocycles. The fourth-order valence-electron chi connectivity index (χ4n) is 1.82. The van der Waals surface area contributed by atoms with Crippen LogP contribution in [0.15, 0.2) is 18.2 Å². The molecule has 1 aromatic carbocycles. The van der Waals surface area contributed by atoms with Crippen LogP contribution in [0.3, 0.4) is 0 Å². The Bertz CT molecular complexity index is 341. The number of nitrogens with two attached hydrogens (primary N) is 1. The summed E-state index contributed by atoms with van der Waals surface area (Å²) in [6.45, 7) is 0. The number of hydrogen-bond donors (Lipinski definition) is 1. The summed E-state index contributed by atoms with van der Waals surface area (Å²) in [5.41, 5.74) is 6.71. The van der Waals surface area contributed by atoms with E-state index < -0.39 is 0 Å². The van der Waals surface area contributed by atoms with Crippen molar-refractivity contribution in [2.24, 2.45) is 11.7 Å². The van der Waals surface area contributed by atoms with E-state index in [1.165, 1.54) is 12.5 Å². The molecule has 0 unspecified atom stereocenters. The predicted octanol–water partition coefficient (Wildman–Crippen LogP) is 3.65. The van der Waals surface area contributed by atoms with Crippen LogP contribution in [-0.4, -0.2) is 0 Å². The van der Waals surface area contributed by atoms with Gasteiger partial charge in [0.15, 0.2) is 0 Å². The molecule has 1 aliphatic carbocycles. The highest BCUT2D eigenvalue weighted by atomic mass is 127. The van der Waals surface area contributed by atoms with Crippen LogP contribution in [0.4, 0.5) is 4.39 Å². The first-order chi connectivity index (χ1) is 6.68. The molecule has 0 aromatic heterocycles. The quantitative estimate of drug-likeness (QED) is 0.817. The molecule has 1 nitrogen and oxygen atoms in total. The molecule has 1 fully saturated rings. The first-order valence-electron chi connectivity index (χ1n) is 4.89. The molecule has 4 heteroatoms. The molecule has 84 valence electrons. The summed E-state index contributed by atoms with van der Waals surface area (Å²) in [5, 5.41) is 0. The van der Waals surface area contributed by atoms with Crippen molar-refractivity contribution in [2.45, 2.75) is 25.3 Å². The van der Waals surface area contributed by atoms with Crippen LogP contribution in [-0.2, 0) is 0 Å². The molecule has 1 aliphatic rings. The van der Waals surface area contributed by atoms with E-state index in [2.05, 4.69) is 22.6 Å². The molecule has 2 rings (SSSR count). The van der Waals surface area contributed by atoms with E-state index >= 15 is 0 Å². The Labute approximate surface area is 109 Å². The van der Waals surface area contributed by atoms with E-state index in [1.54, 1.807) is 6.07 Å². The molecule has 15 heavy (non-hydrogen) atoms. The van der Waals surface area contributed by atoms with Crippen molar-refractivity contribution in [2.75, 3.05) is 0 Å². The largest absolute Gasteiger partial charge is 0.324 e. The van der Waals surface area contributed by atoms with Crippen molar-refractivity contribution >= 4 is 35.0 Å². The van der Waals surface area contributed by atoms with E-state index in [0.29, 0.717) is 11.5 Å². The topological polar surface area (TPSA) is 26.0 Å². The van der Waals surface area contributed by atoms with Gasteiger partial charge in [-0.15, -0.1) is 12.4 Å². The monoisotopic (exact) mass is 341 g/mol. The summed E-state index contributed by atoms with van der Waals surface area (Å²) in [7, 11) is 0. The maximum Gasteiger partial charge on any atom is 0.128 e. The summed E-state index contributed by atoms with van der Waals surface area (Å²) < 4.78 is 14.5. The molecular weight excluding hydrogens is 327 g/mol. The molecule has 0 spiro atoms. The molecule has 0 heterocycles. The standard InChI is InChI=1S/C11H13FIN.ClH/c12-10-5-4-8(13)6-9(10)11(14)7-2-1-3-7;/h4-7,11H,1-3,14H2;1H/t11-;/m1./s1. The van der Waals surface area contributed by atoms with Gasteiger partial charge in [0.2, 0.25) is 0 Å². The van der Waals surface area contributed by atoms with Gasteiger partial charge in [0.25, 0.3) is 0 Å². The average molecular weight is 342 g/mol. The Balaban J connectivity index is 0.00000112. The average Bonchev–Trinajstić information content (AvgIpc) is 2.06. The highest BCUT2D eigenvalue weighted by Gasteiger charge is 2.27. The zero-order valence-electron chi connectivity index (χ0n) is 8.25. The minimum atomic E-state index is -0.162. The Morgan fingerprint density at radius 2 is 2.07 bits per heavy atom. The van der Waals surface area contributed by atoms with E-state index in [-0.39, 0.29) is 24.3 Å². The van der Waals surface area contributed by atoms with Crippen LogP contribution in [0.5, 0.6) is 0 Å². The smallest absolute Gasteiger partial charge is 0.128 e. The summed E-state index contributed by atoms with van der Waals surface area (Å²) in [4.78, 5) is 0. The number of rotatable bonds is 2. The maximum absolute atomic E-state index is 13.5. The van der Waals surface area contributed by atoms with Crippen molar-refractivity contribution in [1.29, 1.82) is 0 Å². The third-order valence-electron chi connectivity index (χ3n) is 2.97. The highest BCUT2D eigenvalue weighted by Crippen LogP contribution is 2.37. The number of benzene rings is 1. The van der Waals surface area contributed by atoms with Gasteiger partial charge in [-0.2, -0.15) is 0 Å². The van der Waals surface area contributed by atoms with Crippen LogP contribution in [0.1, 0.15) is 30.9 Å². The molecular formula is C11H14ClFIN. The first kappa shape index (κ1) is 13.2. The number of halogens is 3. The van der Waals surface area contributed by atoms with Gasteiger partial charge in [-0.3, -0.25) is 0 Å². The molecule has 0 radical (unpaired) electrons. The van der Waals surface area contributed by atoms with E-state index in [9.17, 15) is 4.39 Å². The van der Waals surface area contributed by atoms with E-state index in [0.717, 1.165) is 16.4 Å². The lowest BCUT2D eigenvalue weighted by Crippen LogP contribution is -2.27. The first-order valence-corrected chi connectivity index (χ1v) is 5.97. The maximum atomic E-state index is 13.5. The zero-order chi connectivity index (χ0) is 10.1. The van der Waals surface area contributed by atoms with Gasteiger partial charge in [0.05, 0.1) is 0 Å². The summed E-state index contributed by atoms with van der Waals surface area (Å²) >= 11 is 2.19. The minimum Gasteiger partial charge on any atom is -0.324 e. The van der Waals surface area contributed by atoms with E-state index in [1.807, 2.05) is 6.07 Å². The lowest BCUT2D eigenvalue weighted by molar-refractivity contribution is 0.260. The Kier molecular flexibility index (Phi) is 4.80. The van der Waals surface area contributed by atoms with Crippen molar-refractivity contribution in [3.63, 3.8) is 0 Å². The molecule has 0 saturated heterocycles. The van der Waals surface area contributed by atoms with Gasteiger partial charge in [-0.1, -0.05) is 6.42 Å². The Morgan fingerprint density at radius 1 is 1.40 bits per heavy atom. The van der Waals surface area contributed by atoms with Crippen molar-refractivity contribution < 1.29 is 4.39 Å². The fourth-order valence-corrected chi connectivity index (χ4v) is 2.34. The molecule has 2 N–H and O–H groups in total.